The number of aliphatic hydroxyl groups excluding tert-OH is 1. The first kappa shape index (κ1) is 28.7. The third-order valence-corrected chi connectivity index (χ3v) is 8.52. The van der Waals surface area contributed by atoms with Gasteiger partial charge >= 0.3 is 0 Å². The average molecular weight is 580 g/mol. The van der Waals surface area contributed by atoms with Gasteiger partial charge in [0.1, 0.15) is 11.4 Å². The molecule has 2 aromatic heterocycles. The van der Waals surface area contributed by atoms with Crippen LogP contribution < -0.4 is 24.8 Å². The molecule has 218 valence electrons. The van der Waals surface area contributed by atoms with Gasteiger partial charge in [-0.1, -0.05) is 12.8 Å². The molecule has 0 saturated heterocycles. The monoisotopic (exact) mass is 579 g/mol. The number of thiazole rings is 1. The van der Waals surface area contributed by atoms with Crippen molar-refractivity contribution in [2.45, 2.75) is 52.0 Å². The highest BCUT2D eigenvalue weighted by Crippen LogP contribution is 2.40. The van der Waals surface area contributed by atoms with E-state index in [1.165, 1.54) is 24.2 Å². The van der Waals surface area contributed by atoms with Gasteiger partial charge in [0.25, 0.3) is 5.91 Å². The Balaban J connectivity index is 1.45. The Morgan fingerprint density at radius 2 is 2.05 bits per heavy atom. The van der Waals surface area contributed by atoms with E-state index >= 15 is 0 Å². The zero-order valence-corrected chi connectivity index (χ0v) is 24.8. The first-order valence-electron chi connectivity index (χ1n) is 13.9. The van der Waals surface area contributed by atoms with Gasteiger partial charge in [-0.25, -0.2) is 9.97 Å². The summed E-state index contributed by atoms with van der Waals surface area (Å²) >= 11 is 1.36. The molecule has 0 bridgehead atoms. The summed E-state index contributed by atoms with van der Waals surface area (Å²) in [5.41, 5.74) is 1.15. The van der Waals surface area contributed by atoms with Crippen LogP contribution in [-0.4, -0.2) is 71.8 Å². The van der Waals surface area contributed by atoms with Crippen molar-refractivity contribution in [3.63, 3.8) is 0 Å². The molecule has 2 aliphatic rings. The summed E-state index contributed by atoms with van der Waals surface area (Å²) in [5.74, 6) is 1.37. The fourth-order valence-electron chi connectivity index (χ4n) is 5.59. The summed E-state index contributed by atoms with van der Waals surface area (Å²) < 4.78 is 5.65. The van der Waals surface area contributed by atoms with Gasteiger partial charge in [0.05, 0.1) is 24.4 Å². The molecule has 1 saturated carbocycles. The molecule has 12 heteroatoms. The Kier molecular flexibility index (Phi) is 8.41. The molecule has 0 radical (unpaired) electrons. The number of anilines is 5. The fraction of sp³-hybridized carbons (Fsp3) is 0.483. The number of nitrogens with one attached hydrogen (secondary N) is 1. The number of carbonyl (C=O) groups excluding carboxylic acids is 2. The van der Waals surface area contributed by atoms with Crippen LogP contribution in [0.25, 0.3) is 0 Å². The summed E-state index contributed by atoms with van der Waals surface area (Å²) in [6, 6.07) is 5.48. The van der Waals surface area contributed by atoms with E-state index in [0.717, 1.165) is 18.7 Å². The number of carbonyl (C=O) groups is 2. The maximum atomic E-state index is 13.4. The zero-order chi connectivity index (χ0) is 29.1. The molecule has 1 aliphatic heterocycles. The number of ether oxygens (including phenoxy) is 1. The summed E-state index contributed by atoms with van der Waals surface area (Å²) in [6.07, 6.45) is 8.25. The maximum Gasteiger partial charge on any atom is 0.260 e. The second-order valence-corrected chi connectivity index (χ2v) is 12.0. The molecule has 3 heterocycles. The average Bonchev–Trinajstić information content (AvgIpc) is 3.70. The predicted molar refractivity (Wildman–Crippen MR) is 161 cm³/mol. The van der Waals surface area contributed by atoms with Crippen molar-refractivity contribution in [1.82, 2.24) is 15.0 Å². The van der Waals surface area contributed by atoms with Gasteiger partial charge in [0.2, 0.25) is 11.9 Å². The minimum Gasteiger partial charge on any atom is -0.495 e. The SMILES string of the molecule is COc1cc(C(=O)N(CCCO)c2nccs2)ccc1Nc1ncc2c(n1)N(C1CCCC1)CC(C)(C)C(=O)N2C. The summed E-state index contributed by atoms with van der Waals surface area (Å²) in [6.45, 7) is 4.87. The highest BCUT2D eigenvalue weighted by atomic mass is 32.1. The zero-order valence-electron chi connectivity index (χ0n) is 24.0. The first-order valence-corrected chi connectivity index (χ1v) is 14.8. The van der Waals surface area contributed by atoms with Gasteiger partial charge in [-0.15, -0.1) is 11.3 Å². The molecule has 5 rings (SSSR count). The van der Waals surface area contributed by atoms with Gasteiger partial charge < -0.3 is 25.0 Å². The molecule has 41 heavy (non-hydrogen) atoms. The smallest absolute Gasteiger partial charge is 0.260 e. The minimum absolute atomic E-state index is 0.0261. The van der Waals surface area contributed by atoms with Crippen LogP contribution in [0.1, 0.15) is 56.3 Å². The lowest BCUT2D eigenvalue weighted by Gasteiger charge is -2.34. The minimum atomic E-state index is -0.569. The summed E-state index contributed by atoms with van der Waals surface area (Å²) in [7, 11) is 3.33. The van der Waals surface area contributed by atoms with Gasteiger partial charge in [0.15, 0.2) is 10.9 Å². The highest BCUT2D eigenvalue weighted by molar-refractivity contribution is 7.13. The van der Waals surface area contributed by atoms with Crippen LogP contribution in [0, 0.1) is 5.41 Å². The summed E-state index contributed by atoms with van der Waals surface area (Å²) in [4.78, 5) is 46.0. The highest BCUT2D eigenvalue weighted by Gasteiger charge is 2.41. The molecule has 0 unspecified atom stereocenters. The predicted octanol–water partition coefficient (Wildman–Crippen LogP) is 4.47. The van der Waals surface area contributed by atoms with Gasteiger partial charge in [0, 0.05) is 49.9 Å². The molecule has 1 fully saturated rings. The van der Waals surface area contributed by atoms with E-state index in [1.54, 1.807) is 54.6 Å². The van der Waals surface area contributed by atoms with E-state index < -0.39 is 5.41 Å². The van der Waals surface area contributed by atoms with Gasteiger partial charge in [-0.2, -0.15) is 4.98 Å². The number of hydrogen-bond acceptors (Lipinski definition) is 10. The number of aromatic nitrogens is 3. The van der Waals surface area contributed by atoms with Crippen LogP contribution in [0.2, 0.25) is 0 Å². The van der Waals surface area contributed by atoms with Crippen molar-refractivity contribution >= 4 is 51.4 Å². The van der Waals surface area contributed by atoms with E-state index in [4.69, 9.17) is 9.72 Å². The Bertz CT molecular complexity index is 1390. The molecule has 1 aliphatic carbocycles. The normalized spacial score (nSPS) is 16.9. The Morgan fingerprint density at radius 3 is 2.73 bits per heavy atom. The van der Waals surface area contributed by atoms with Crippen molar-refractivity contribution in [3.8, 4) is 5.75 Å². The maximum absolute atomic E-state index is 13.4. The van der Waals surface area contributed by atoms with Gasteiger partial charge in [-0.3, -0.25) is 14.5 Å². The molecular weight excluding hydrogens is 542 g/mol. The second-order valence-electron chi connectivity index (χ2n) is 11.1. The van der Waals surface area contributed by atoms with Crippen LogP contribution in [0.4, 0.5) is 28.3 Å². The van der Waals surface area contributed by atoms with Crippen LogP contribution in [0.15, 0.2) is 36.0 Å². The molecule has 2 N–H and O–H groups in total. The van der Waals surface area contributed by atoms with Crippen molar-refractivity contribution in [2.24, 2.45) is 5.41 Å². The number of rotatable bonds is 9. The lowest BCUT2D eigenvalue weighted by atomic mass is 9.91. The van der Waals surface area contributed by atoms with E-state index in [2.05, 4.69) is 20.2 Å². The third-order valence-electron chi connectivity index (χ3n) is 7.73. The number of methoxy groups -OCH3 is 1. The first-order chi connectivity index (χ1) is 19.7. The van der Waals surface area contributed by atoms with Crippen molar-refractivity contribution in [1.29, 1.82) is 0 Å². The van der Waals surface area contributed by atoms with Gasteiger partial charge in [-0.05, 0) is 51.3 Å². The lowest BCUT2D eigenvalue weighted by molar-refractivity contribution is -0.125. The number of hydrogen-bond donors (Lipinski definition) is 2. The second kappa shape index (κ2) is 12.0. The molecule has 0 atom stereocenters. The van der Waals surface area contributed by atoms with Crippen LogP contribution in [0.5, 0.6) is 5.75 Å². The van der Waals surface area contributed by atoms with Crippen molar-refractivity contribution in [3.05, 3.63) is 41.5 Å². The van der Waals surface area contributed by atoms with Crippen LogP contribution >= 0.6 is 11.3 Å². The van der Waals surface area contributed by atoms with Crippen LogP contribution in [0.3, 0.4) is 0 Å². The number of aliphatic hydroxyl groups is 1. The summed E-state index contributed by atoms with van der Waals surface area (Å²) in [5, 5.41) is 15.0. The number of benzene rings is 1. The molecular formula is C29H37N7O4S. The molecule has 1 aromatic carbocycles. The van der Waals surface area contributed by atoms with Crippen LogP contribution in [-0.2, 0) is 4.79 Å². The van der Waals surface area contributed by atoms with E-state index in [9.17, 15) is 14.7 Å². The lowest BCUT2D eigenvalue weighted by Crippen LogP contribution is -2.45. The molecule has 0 spiro atoms. The molecule has 3 aromatic rings. The standard InChI is InChI=1S/C29H37N7O4S/c1-29(2)18-36(20-8-5-6-9-20)24-22(34(3)26(29)39)17-31-27(33-24)32-21-11-10-19(16-23(21)40-4)25(38)35(13-7-14-37)28-30-12-15-41-28/h10-12,15-17,20,37H,5-9,13-14,18H2,1-4H3,(H,31,32,33). The van der Waals surface area contributed by atoms with Crippen molar-refractivity contribution < 1.29 is 19.4 Å². The quantitative estimate of drug-likeness (QED) is 0.378. The largest absolute Gasteiger partial charge is 0.495 e. The van der Waals surface area contributed by atoms with E-state index in [1.807, 2.05) is 19.2 Å². The topological polar surface area (TPSA) is 124 Å². The molecule has 11 nitrogen and oxygen atoms in total. The Labute approximate surface area is 244 Å². The van der Waals surface area contributed by atoms with E-state index in [0.29, 0.717) is 59.3 Å². The third kappa shape index (κ3) is 5.84. The Morgan fingerprint density at radius 1 is 1.27 bits per heavy atom. The fourth-order valence-corrected chi connectivity index (χ4v) is 6.26. The number of fused-ring (bicyclic) bond motifs is 1. The number of amides is 2. The van der Waals surface area contributed by atoms with Crippen molar-refractivity contribution in [2.75, 3.05) is 53.9 Å². The van der Waals surface area contributed by atoms with E-state index in [-0.39, 0.29) is 18.4 Å². The Hall–Kier alpha value is -3.77. The number of nitrogens with zero attached hydrogens (tertiary/aromatic N) is 6. The molecule has 2 amide bonds.